The van der Waals surface area contributed by atoms with Crippen molar-refractivity contribution in [1.29, 1.82) is 0 Å². The number of aliphatic hydroxyl groups is 3. The molecule has 452 valence electrons. The number of hydrogen-bond acceptors (Lipinski definition) is 7. The summed E-state index contributed by atoms with van der Waals surface area (Å²) < 4.78 is 12.8. The number of hydrogen-bond donors (Lipinski definition) is 3. The maximum absolute atomic E-state index is 15.5. The Labute approximate surface area is 507 Å². The van der Waals surface area contributed by atoms with Crippen LogP contribution in [0.3, 0.4) is 0 Å². The van der Waals surface area contributed by atoms with Crippen LogP contribution in [0.2, 0.25) is 0 Å². The lowest BCUT2D eigenvalue weighted by atomic mass is 9.36. The van der Waals surface area contributed by atoms with Crippen LogP contribution in [0.1, 0.15) is 227 Å². The van der Waals surface area contributed by atoms with Crippen LogP contribution in [-0.4, -0.2) is 57.8 Å². The van der Waals surface area contributed by atoms with Gasteiger partial charge in [-0.15, -0.1) is 0 Å². The van der Waals surface area contributed by atoms with Crippen LogP contribution in [0.25, 0.3) is 10.8 Å². The monoisotopic (exact) mass is 1150 g/mol. The molecule has 19 atom stereocenters. The van der Waals surface area contributed by atoms with Crippen LogP contribution in [0.15, 0.2) is 115 Å². The summed E-state index contributed by atoms with van der Waals surface area (Å²) in [6.07, 6.45) is 29.3. The first-order valence-corrected chi connectivity index (χ1v) is 34.7. The van der Waals surface area contributed by atoms with Crippen molar-refractivity contribution in [1.82, 2.24) is 0 Å². The highest BCUT2D eigenvalue weighted by atomic mass is 16.5. The topological polar surface area (TPSA) is 113 Å². The predicted molar refractivity (Wildman–Crippen MR) is 336 cm³/mol. The van der Waals surface area contributed by atoms with E-state index in [-0.39, 0.29) is 65.4 Å². The predicted octanol–water partition coefficient (Wildman–Crippen LogP) is 16.5. The van der Waals surface area contributed by atoms with Crippen LogP contribution in [0.4, 0.5) is 0 Å². The average Bonchev–Trinajstić information content (AvgIpc) is 1.69. The van der Waals surface area contributed by atoms with Gasteiger partial charge in [-0.3, -0.25) is 4.79 Å². The first-order valence-electron chi connectivity index (χ1n) is 34.7. The molecule has 4 aromatic rings. The van der Waals surface area contributed by atoms with E-state index in [2.05, 4.69) is 124 Å². The molecule has 7 nitrogen and oxygen atoms in total. The number of aliphatic hydroxyl groups excluding tert-OH is 2. The van der Waals surface area contributed by atoms with Gasteiger partial charge in [0.15, 0.2) is 0 Å². The first-order chi connectivity index (χ1) is 41.2. The Morgan fingerprint density at radius 2 is 1.52 bits per heavy atom. The fourth-order valence-electron chi connectivity index (χ4n) is 24.2. The molecule has 7 saturated carbocycles. The molecule has 2 spiro atoms. The summed E-state index contributed by atoms with van der Waals surface area (Å²) in [4.78, 5) is 28.2. The van der Waals surface area contributed by atoms with Crippen LogP contribution in [-0.2, 0) is 30.9 Å². The minimum Gasteiger partial charge on any atom is -0.462 e. The summed E-state index contributed by atoms with van der Waals surface area (Å²) in [5.41, 5.74) is 5.66. The third kappa shape index (κ3) is 8.67. The molecule has 2 aliphatic heterocycles. The zero-order valence-corrected chi connectivity index (χ0v) is 51.5. The number of cyclic esters (lactones) is 1. The summed E-state index contributed by atoms with van der Waals surface area (Å²) in [5, 5.41) is 45.9. The zero-order chi connectivity index (χ0) is 58.1. The van der Waals surface area contributed by atoms with Crippen molar-refractivity contribution in [3.8, 4) is 0 Å². The maximum Gasteiger partial charge on any atom is 0.331 e. The molecule has 0 saturated heterocycles. The molecule has 7 fully saturated rings. The Morgan fingerprint density at radius 1 is 0.741 bits per heavy atom. The third-order valence-corrected chi connectivity index (χ3v) is 27.7. The Bertz CT molecular complexity index is 3230. The summed E-state index contributed by atoms with van der Waals surface area (Å²) in [7, 11) is 0. The van der Waals surface area contributed by atoms with Gasteiger partial charge < -0.3 is 24.8 Å². The number of benzene rings is 4. The molecule has 0 radical (unpaired) electrons. The van der Waals surface area contributed by atoms with Gasteiger partial charge in [0, 0.05) is 23.3 Å². The molecule has 0 aromatic heterocycles. The van der Waals surface area contributed by atoms with Crippen LogP contribution < -0.4 is 0 Å². The van der Waals surface area contributed by atoms with Crippen molar-refractivity contribution in [3.05, 3.63) is 143 Å². The van der Waals surface area contributed by atoms with Gasteiger partial charge in [0.1, 0.15) is 12.7 Å². The summed E-state index contributed by atoms with van der Waals surface area (Å²) in [6, 6.07) is 35.1. The lowest BCUT2D eigenvalue weighted by molar-refractivity contribution is -0.331. The van der Waals surface area contributed by atoms with Gasteiger partial charge in [-0.1, -0.05) is 169 Å². The Kier molecular flexibility index (Phi) is 14.5. The number of allylic oxidation sites excluding steroid dienone is 1. The molecular weight excluding hydrogens is 1050 g/mol. The van der Waals surface area contributed by atoms with E-state index in [1.165, 1.54) is 75.2 Å². The maximum atomic E-state index is 15.5. The van der Waals surface area contributed by atoms with E-state index in [0.717, 1.165) is 76.2 Å². The number of fused-ring (bicyclic) bond motifs is 5. The Hall–Kier alpha value is -4.56. The van der Waals surface area contributed by atoms with Crippen LogP contribution in [0.5, 0.6) is 0 Å². The van der Waals surface area contributed by atoms with Crippen molar-refractivity contribution in [2.24, 2.45) is 69.0 Å². The SMILES string of the molecule is C[C@H](CCCc1ccccc1)C[C@@H]1/C=C/[C@@H]2CCCC[C@H]2C(=O)O[C@@H]2C[C@@H](C)[C@](O)(CCC3=CC(=O)OC3)[C@]3([C@H](O)CC[C@@](C)([C@@H]4CC[C@]56CC7(CCCC7)[C@H]7C[C@]8(c9ccccc9)CCCC[C@@H]8c8ccc9cccc(c9c8[C@H]75)[C@@H]6C4)[C@H]23)[C@@H]1O. The average molecular weight is 1150 g/mol. The minimum atomic E-state index is -1.59. The second kappa shape index (κ2) is 21.6. The van der Waals surface area contributed by atoms with E-state index in [4.69, 9.17) is 9.47 Å². The van der Waals surface area contributed by atoms with Gasteiger partial charge in [-0.05, 0) is 230 Å². The molecule has 15 rings (SSSR count). The van der Waals surface area contributed by atoms with Gasteiger partial charge in [0.25, 0.3) is 0 Å². The quantitative estimate of drug-likeness (QED) is 0.101. The summed E-state index contributed by atoms with van der Waals surface area (Å²) in [6.45, 7) is 7.13. The Balaban J connectivity index is 0.877. The zero-order valence-electron chi connectivity index (χ0n) is 51.5. The van der Waals surface area contributed by atoms with Crippen molar-refractivity contribution in [3.63, 3.8) is 0 Å². The van der Waals surface area contributed by atoms with E-state index in [1.807, 2.05) is 0 Å². The molecule has 0 unspecified atom stereocenters. The summed E-state index contributed by atoms with van der Waals surface area (Å²) >= 11 is 0. The van der Waals surface area contributed by atoms with E-state index >= 15 is 4.79 Å². The standard InChI is InChI=1S/C78H98O7/c1-49(18-16-21-51-19-6-4-7-20-51)42-55-30-29-53-22-10-11-26-58(53)72(82)85-64-43-50(2)77(83,41-33-52-44-66(80)84-47-52)78(71(55)81)65(79)35-39-73(3,70(64)78)57-34-40-76-48-74(36-14-15-37-74)63-46-75(56-24-8-5-9-25-56)38-13-12-28-61(75)60-32-31-54-23-17-27-59(62(76)45-57)67(54)68(60)69(63)76/h4-9,17,19-20,23-25,27,29-32,44,49-50,53,55,57-58,61-65,69-71,79,81,83H,10-16,18,21-22,26,28,33-43,45-48H2,1-3H3/b30-29+/t49-,50-,53+,55+,57-,58-,61-,62+,63+,64-,65-,69+,70+,71-,73+,75+,76-,77-,78+/m1/s1. The molecule has 0 amide bonds. The lowest BCUT2D eigenvalue weighted by Gasteiger charge is -2.71. The first kappa shape index (κ1) is 56.9. The van der Waals surface area contributed by atoms with Gasteiger partial charge in [-0.2, -0.15) is 0 Å². The molecule has 3 N–H and O–H groups in total. The smallest absolute Gasteiger partial charge is 0.331 e. The lowest BCUT2D eigenvalue weighted by Crippen LogP contribution is -2.77. The highest BCUT2D eigenvalue weighted by molar-refractivity contribution is 5.93. The second-order valence-electron chi connectivity index (χ2n) is 31.3. The van der Waals surface area contributed by atoms with Crippen LogP contribution >= 0.6 is 0 Å². The van der Waals surface area contributed by atoms with Crippen molar-refractivity contribution < 1.29 is 34.4 Å². The normalized spacial score (nSPS) is 42.1. The van der Waals surface area contributed by atoms with Gasteiger partial charge in [0.2, 0.25) is 0 Å². The molecule has 11 aliphatic rings. The van der Waals surface area contributed by atoms with Gasteiger partial charge in [0.05, 0.1) is 29.1 Å². The second-order valence-corrected chi connectivity index (χ2v) is 31.3. The van der Waals surface area contributed by atoms with Gasteiger partial charge >= 0.3 is 11.9 Å². The molecule has 2 bridgehead atoms. The van der Waals surface area contributed by atoms with Crippen molar-refractivity contribution >= 4 is 22.7 Å². The number of carbonyl (C=O) groups is 2. The molecule has 9 aliphatic carbocycles. The molecule has 85 heavy (non-hydrogen) atoms. The van der Waals surface area contributed by atoms with Crippen molar-refractivity contribution in [2.45, 2.75) is 235 Å². The fourth-order valence-corrected chi connectivity index (χ4v) is 24.2. The number of esters is 2. The molecule has 4 aromatic carbocycles. The Morgan fingerprint density at radius 3 is 2.32 bits per heavy atom. The highest BCUT2D eigenvalue weighted by Crippen LogP contribution is 2.81. The van der Waals surface area contributed by atoms with E-state index in [1.54, 1.807) is 33.7 Å². The van der Waals surface area contributed by atoms with Crippen molar-refractivity contribution in [2.75, 3.05) is 6.61 Å². The number of rotatable bonds is 11. The van der Waals surface area contributed by atoms with E-state index < -0.39 is 46.6 Å². The van der Waals surface area contributed by atoms with Gasteiger partial charge in [-0.25, -0.2) is 4.79 Å². The highest BCUT2D eigenvalue weighted by Gasteiger charge is 2.77. The summed E-state index contributed by atoms with van der Waals surface area (Å²) in [5.74, 6) is 0.234. The van der Waals surface area contributed by atoms with E-state index in [9.17, 15) is 20.1 Å². The number of aryl methyl sites for hydroxylation is 1. The molecule has 2 heterocycles. The fraction of sp³-hybridized carbons (Fsp3) is 0.641. The molecule has 7 heteroatoms. The molecular formula is C78H98O7. The van der Waals surface area contributed by atoms with Crippen LogP contribution in [0, 0.1) is 69.0 Å². The number of ether oxygens (including phenoxy) is 2. The number of carbonyl (C=O) groups excluding carboxylic acids is 2. The third-order valence-electron chi connectivity index (χ3n) is 27.7. The largest absolute Gasteiger partial charge is 0.462 e. The minimum absolute atomic E-state index is 0.00196. The van der Waals surface area contributed by atoms with E-state index in [0.29, 0.717) is 54.8 Å².